The molecule has 0 saturated heterocycles. The SMILES string of the molecule is CC1CC[C@H]2C(C)(C)CCC[C@]2(C)c2c1oc1cc(O)c(O)cc21. The number of rotatable bonds is 0. The van der Waals surface area contributed by atoms with E-state index in [0.717, 1.165) is 24.0 Å². The molecule has 0 aliphatic heterocycles. The topological polar surface area (TPSA) is 53.6 Å². The summed E-state index contributed by atoms with van der Waals surface area (Å²) in [5.74, 6) is 1.88. The lowest BCUT2D eigenvalue weighted by molar-refractivity contribution is 0.0504. The lowest BCUT2D eigenvalue weighted by atomic mass is 9.53. The molecular weight excluding hydrogens is 300 g/mol. The number of benzene rings is 1. The molecule has 1 heterocycles. The molecule has 2 aliphatic rings. The van der Waals surface area contributed by atoms with Crippen molar-refractivity contribution in [3.05, 3.63) is 23.5 Å². The summed E-state index contributed by atoms with van der Waals surface area (Å²) in [6, 6.07) is 3.27. The maximum atomic E-state index is 10.1. The second kappa shape index (κ2) is 4.93. The molecule has 0 radical (unpaired) electrons. The minimum absolute atomic E-state index is 0.0572. The Morgan fingerprint density at radius 3 is 2.50 bits per heavy atom. The molecule has 1 saturated carbocycles. The van der Waals surface area contributed by atoms with Gasteiger partial charge in [-0.25, -0.2) is 0 Å². The molecule has 0 amide bonds. The lowest BCUT2D eigenvalue weighted by Crippen LogP contribution is -2.44. The van der Waals surface area contributed by atoms with Gasteiger partial charge >= 0.3 is 0 Å². The summed E-state index contributed by atoms with van der Waals surface area (Å²) >= 11 is 0. The van der Waals surface area contributed by atoms with Crippen molar-refractivity contribution in [2.24, 2.45) is 11.3 Å². The van der Waals surface area contributed by atoms with Gasteiger partial charge in [0.05, 0.1) is 0 Å². The van der Waals surface area contributed by atoms with Crippen LogP contribution in [0.2, 0.25) is 0 Å². The zero-order chi connectivity index (χ0) is 17.3. The van der Waals surface area contributed by atoms with E-state index in [4.69, 9.17) is 4.42 Å². The molecule has 0 bridgehead atoms. The van der Waals surface area contributed by atoms with E-state index in [-0.39, 0.29) is 16.9 Å². The summed E-state index contributed by atoms with van der Waals surface area (Å²) in [6.07, 6.45) is 6.02. The number of aromatic hydroxyl groups is 2. The van der Waals surface area contributed by atoms with E-state index in [0.29, 0.717) is 22.8 Å². The van der Waals surface area contributed by atoms with Crippen molar-refractivity contribution in [1.29, 1.82) is 0 Å². The minimum Gasteiger partial charge on any atom is -0.504 e. The number of hydrogen-bond donors (Lipinski definition) is 2. The first kappa shape index (κ1) is 15.9. The zero-order valence-corrected chi connectivity index (χ0v) is 15.1. The Labute approximate surface area is 143 Å². The van der Waals surface area contributed by atoms with Crippen LogP contribution in [0.5, 0.6) is 11.5 Å². The second-order valence-corrected chi connectivity index (χ2v) is 8.97. The van der Waals surface area contributed by atoms with Crippen molar-refractivity contribution < 1.29 is 14.6 Å². The Kier molecular flexibility index (Phi) is 3.26. The van der Waals surface area contributed by atoms with Crippen LogP contribution < -0.4 is 0 Å². The molecule has 3 heteroatoms. The van der Waals surface area contributed by atoms with Crippen LogP contribution in [0.15, 0.2) is 16.5 Å². The van der Waals surface area contributed by atoms with E-state index >= 15 is 0 Å². The molecule has 24 heavy (non-hydrogen) atoms. The Balaban J connectivity index is 2.03. The van der Waals surface area contributed by atoms with Crippen LogP contribution in [0, 0.1) is 11.3 Å². The molecular formula is C21H28O3. The van der Waals surface area contributed by atoms with Gasteiger partial charge in [-0.15, -0.1) is 0 Å². The standard InChI is InChI=1S/C21H28O3/c1-12-6-7-17-20(2,3)8-5-9-21(17,4)18-13-10-14(22)15(23)11-16(13)24-19(12)18/h10-12,17,22-23H,5-9H2,1-4H3/t12?,17-,21-/m0/s1. The van der Waals surface area contributed by atoms with E-state index in [1.807, 2.05) is 0 Å². The van der Waals surface area contributed by atoms with Crippen LogP contribution in [-0.2, 0) is 5.41 Å². The number of phenols is 2. The minimum atomic E-state index is -0.107. The van der Waals surface area contributed by atoms with Crippen LogP contribution in [-0.4, -0.2) is 10.2 Å². The highest BCUT2D eigenvalue weighted by atomic mass is 16.3. The zero-order valence-electron chi connectivity index (χ0n) is 15.1. The fraction of sp³-hybridized carbons (Fsp3) is 0.619. The Morgan fingerprint density at radius 2 is 1.75 bits per heavy atom. The van der Waals surface area contributed by atoms with Gasteiger partial charge in [0, 0.05) is 22.9 Å². The van der Waals surface area contributed by atoms with Crippen LogP contribution in [0.4, 0.5) is 0 Å². The molecule has 0 spiro atoms. The van der Waals surface area contributed by atoms with E-state index < -0.39 is 0 Å². The van der Waals surface area contributed by atoms with Gasteiger partial charge in [0.15, 0.2) is 11.5 Å². The summed E-state index contributed by atoms with van der Waals surface area (Å²) in [7, 11) is 0. The average Bonchev–Trinajstić information content (AvgIpc) is 2.80. The molecule has 2 N–H and O–H groups in total. The quantitative estimate of drug-likeness (QED) is 0.599. The molecule has 3 nitrogen and oxygen atoms in total. The van der Waals surface area contributed by atoms with Crippen molar-refractivity contribution >= 4 is 11.0 Å². The number of fused-ring (bicyclic) bond motifs is 5. The first-order chi connectivity index (χ1) is 11.2. The Hall–Kier alpha value is -1.64. The van der Waals surface area contributed by atoms with Crippen LogP contribution in [0.1, 0.15) is 77.0 Å². The molecule has 1 aromatic heterocycles. The predicted molar refractivity (Wildman–Crippen MR) is 95.7 cm³/mol. The predicted octanol–water partition coefficient (Wildman–Crippen LogP) is 5.83. The molecule has 1 fully saturated rings. The summed E-state index contributed by atoms with van der Waals surface area (Å²) in [5.41, 5.74) is 2.37. The van der Waals surface area contributed by atoms with Gasteiger partial charge in [-0.05, 0) is 48.5 Å². The van der Waals surface area contributed by atoms with Crippen molar-refractivity contribution in [2.75, 3.05) is 0 Å². The third-order valence-corrected chi connectivity index (χ3v) is 6.95. The lowest BCUT2D eigenvalue weighted by Gasteiger charge is -2.50. The first-order valence-corrected chi connectivity index (χ1v) is 9.23. The van der Waals surface area contributed by atoms with Gasteiger partial charge in [-0.3, -0.25) is 0 Å². The van der Waals surface area contributed by atoms with Gasteiger partial charge in [-0.2, -0.15) is 0 Å². The van der Waals surface area contributed by atoms with Gasteiger partial charge in [0.25, 0.3) is 0 Å². The average molecular weight is 328 g/mol. The summed E-state index contributed by atoms with van der Waals surface area (Å²) in [4.78, 5) is 0. The maximum absolute atomic E-state index is 10.1. The molecule has 3 atom stereocenters. The van der Waals surface area contributed by atoms with Crippen molar-refractivity contribution in [1.82, 2.24) is 0 Å². The van der Waals surface area contributed by atoms with E-state index in [9.17, 15) is 10.2 Å². The van der Waals surface area contributed by atoms with E-state index in [2.05, 4.69) is 27.7 Å². The molecule has 1 aromatic carbocycles. The van der Waals surface area contributed by atoms with Crippen molar-refractivity contribution in [3.63, 3.8) is 0 Å². The second-order valence-electron chi connectivity index (χ2n) is 8.97. The van der Waals surface area contributed by atoms with Crippen LogP contribution >= 0.6 is 0 Å². The number of furan rings is 1. The van der Waals surface area contributed by atoms with Gasteiger partial charge in [-0.1, -0.05) is 34.1 Å². The molecule has 2 aromatic rings. The molecule has 2 aliphatic carbocycles. The van der Waals surface area contributed by atoms with Gasteiger partial charge < -0.3 is 14.6 Å². The Bertz CT molecular complexity index is 801. The van der Waals surface area contributed by atoms with Gasteiger partial charge in [0.2, 0.25) is 0 Å². The summed E-state index contributed by atoms with van der Waals surface area (Å²) < 4.78 is 6.23. The molecule has 4 rings (SSSR count). The highest BCUT2D eigenvalue weighted by Crippen LogP contribution is 2.59. The van der Waals surface area contributed by atoms with Crippen LogP contribution in [0.3, 0.4) is 0 Å². The fourth-order valence-corrected chi connectivity index (χ4v) is 5.75. The highest BCUT2D eigenvalue weighted by Gasteiger charge is 2.51. The fourth-order valence-electron chi connectivity index (χ4n) is 5.75. The summed E-state index contributed by atoms with van der Waals surface area (Å²) in [6.45, 7) is 9.47. The number of phenolic OH excluding ortho intramolecular Hbond substituents is 2. The third-order valence-electron chi connectivity index (χ3n) is 6.95. The number of hydrogen-bond acceptors (Lipinski definition) is 3. The Morgan fingerprint density at radius 1 is 1.04 bits per heavy atom. The molecule has 1 unspecified atom stereocenters. The van der Waals surface area contributed by atoms with E-state index in [1.54, 1.807) is 12.1 Å². The maximum Gasteiger partial charge on any atom is 0.161 e. The normalized spacial score (nSPS) is 32.2. The van der Waals surface area contributed by atoms with Crippen molar-refractivity contribution in [2.45, 2.75) is 71.1 Å². The largest absolute Gasteiger partial charge is 0.504 e. The highest BCUT2D eigenvalue weighted by molar-refractivity contribution is 5.87. The first-order valence-electron chi connectivity index (χ1n) is 9.23. The monoisotopic (exact) mass is 328 g/mol. The van der Waals surface area contributed by atoms with Crippen LogP contribution in [0.25, 0.3) is 11.0 Å². The van der Waals surface area contributed by atoms with Crippen molar-refractivity contribution in [3.8, 4) is 11.5 Å². The smallest absolute Gasteiger partial charge is 0.161 e. The third kappa shape index (κ3) is 2.03. The van der Waals surface area contributed by atoms with Gasteiger partial charge in [0.1, 0.15) is 11.3 Å². The summed E-state index contributed by atoms with van der Waals surface area (Å²) in [5, 5.41) is 20.9. The molecule has 130 valence electrons. The van der Waals surface area contributed by atoms with E-state index in [1.165, 1.54) is 24.8 Å².